The van der Waals surface area contributed by atoms with Gasteiger partial charge in [0.2, 0.25) is 0 Å². The molecular formula is C17H19NO3S2. The lowest BCUT2D eigenvalue weighted by molar-refractivity contribution is -0.139. The fourth-order valence-electron chi connectivity index (χ4n) is 2.58. The minimum absolute atomic E-state index is 0.304. The van der Waals surface area contributed by atoms with Gasteiger partial charge in [0.1, 0.15) is 5.75 Å². The number of hydrogen-bond donors (Lipinski definition) is 1. The lowest BCUT2D eigenvalue weighted by atomic mass is 10.1. The van der Waals surface area contributed by atoms with Gasteiger partial charge in [-0.3, -0.25) is 4.90 Å². The van der Waals surface area contributed by atoms with Crippen LogP contribution in [0.4, 0.5) is 0 Å². The summed E-state index contributed by atoms with van der Waals surface area (Å²) in [5.74, 6) is 2.02. The highest BCUT2D eigenvalue weighted by Crippen LogP contribution is 2.31. The molecule has 1 aliphatic rings. The first-order valence-corrected chi connectivity index (χ1v) is 9.57. The summed E-state index contributed by atoms with van der Waals surface area (Å²) in [6.07, 6.45) is 0. The van der Waals surface area contributed by atoms with E-state index in [1.807, 2.05) is 30.0 Å². The van der Waals surface area contributed by atoms with Crippen LogP contribution in [0.3, 0.4) is 0 Å². The Hall–Kier alpha value is -1.50. The number of carboxylic acid groups (broad SMARTS) is 1. The number of thioether (sulfide) groups is 1. The van der Waals surface area contributed by atoms with E-state index in [-0.39, 0.29) is 6.61 Å². The summed E-state index contributed by atoms with van der Waals surface area (Å²) in [7, 11) is 0. The van der Waals surface area contributed by atoms with Gasteiger partial charge in [-0.15, -0.1) is 11.3 Å². The van der Waals surface area contributed by atoms with Crippen LogP contribution in [0.15, 0.2) is 35.7 Å². The third-order valence-corrected chi connectivity index (χ3v) is 5.58. The average Bonchev–Trinajstić information content (AvgIpc) is 3.09. The summed E-state index contributed by atoms with van der Waals surface area (Å²) in [4.78, 5) is 14.4. The Morgan fingerprint density at radius 1 is 1.26 bits per heavy atom. The average molecular weight is 349 g/mol. The summed E-state index contributed by atoms with van der Waals surface area (Å²) in [5, 5.41) is 10.9. The van der Waals surface area contributed by atoms with Crippen LogP contribution in [0, 0.1) is 0 Å². The molecule has 0 radical (unpaired) electrons. The molecule has 122 valence electrons. The third-order valence-electron chi connectivity index (χ3n) is 3.71. The van der Waals surface area contributed by atoms with Crippen LogP contribution in [0.1, 0.15) is 5.56 Å². The molecule has 2 aromatic rings. The van der Waals surface area contributed by atoms with Gasteiger partial charge in [-0.2, -0.15) is 11.8 Å². The Morgan fingerprint density at radius 2 is 2.09 bits per heavy atom. The number of benzene rings is 1. The highest BCUT2D eigenvalue weighted by Gasteiger charge is 2.15. The molecule has 1 saturated heterocycles. The number of ether oxygens (including phenoxy) is 1. The van der Waals surface area contributed by atoms with Gasteiger partial charge in [0, 0.05) is 41.6 Å². The molecule has 1 fully saturated rings. The highest BCUT2D eigenvalue weighted by molar-refractivity contribution is 7.99. The van der Waals surface area contributed by atoms with Crippen molar-refractivity contribution in [1.29, 1.82) is 0 Å². The molecule has 2 heterocycles. The fourth-order valence-corrected chi connectivity index (χ4v) is 4.28. The lowest BCUT2D eigenvalue weighted by Gasteiger charge is -2.27. The van der Waals surface area contributed by atoms with Gasteiger partial charge in [-0.1, -0.05) is 6.07 Å². The normalized spacial score (nSPS) is 15.5. The highest BCUT2D eigenvalue weighted by atomic mass is 32.2. The molecular weight excluding hydrogens is 330 g/mol. The predicted molar refractivity (Wildman–Crippen MR) is 95.5 cm³/mol. The predicted octanol–water partition coefficient (Wildman–Crippen LogP) is 3.43. The van der Waals surface area contributed by atoms with Gasteiger partial charge in [0.05, 0.1) is 0 Å². The second-order valence-corrected chi connectivity index (χ2v) is 7.54. The zero-order chi connectivity index (χ0) is 16.1. The van der Waals surface area contributed by atoms with Gasteiger partial charge in [0.25, 0.3) is 0 Å². The van der Waals surface area contributed by atoms with Crippen LogP contribution in [0.25, 0.3) is 10.4 Å². The van der Waals surface area contributed by atoms with Crippen molar-refractivity contribution in [2.75, 3.05) is 31.2 Å². The molecule has 6 heteroatoms. The molecule has 1 aromatic heterocycles. The maximum Gasteiger partial charge on any atom is 0.341 e. The van der Waals surface area contributed by atoms with Crippen LogP contribution >= 0.6 is 23.1 Å². The minimum atomic E-state index is -0.951. The Bertz CT molecular complexity index is 652. The minimum Gasteiger partial charge on any atom is -0.482 e. The summed E-state index contributed by atoms with van der Waals surface area (Å²) in [6.45, 7) is 2.62. The van der Waals surface area contributed by atoms with Crippen molar-refractivity contribution in [2.45, 2.75) is 6.54 Å². The molecule has 0 amide bonds. The molecule has 0 atom stereocenters. The van der Waals surface area contributed by atoms with E-state index in [4.69, 9.17) is 9.84 Å². The van der Waals surface area contributed by atoms with Crippen LogP contribution in [0.5, 0.6) is 5.75 Å². The molecule has 0 bridgehead atoms. The van der Waals surface area contributed by atoms with Crippen molar-refractivity contribution in [1.82, 2.24) is 4.90 Å². The van der Waals surface area contributed by atoms with E-state index in [1.165, 1.54) is 4.88 Å². The molecule has 0 saturated carbocycles. The van der Waals surface area contributed by atoms with Crippen molar-refractivity contribution >= 4 is 29.1 Å². The Kier molecular flexibility index (Phi) is 5.59. The summed E-state index contributed by atoms with van der Waals surface area (Å²) < 4.78 is 5.48. The molecule has 0 aliphatic carbocycles. The topological polar surface area (TPSA) is 49.8 Å². The molecule has 1 aromatic carbocycles. The number of carbonyl (C=O) groups is 1. The smallest absolute Gasteiger partial charge is 0.341 e. The van der Waals surface area contributed by atoms with E-state index >= 15 is 0 Å². The molecule has 1 aliphatic heterocycles. The second-order valence-electron chi connectivity index (χ2n) is 5.37. The van der Waals surface area contributed by atoms with Crippen molar-refractivity contribution in [3.05, 3.63) is 41.3 Å². The second kappa shape index (κ2) is 7.86. The van der Waals surface area contributed by atoms with E-state index in [9.17, 15) is 4.79 Å². The van der Waals surface area contributed by atoms with Gasteiger partial charge < -0.3 is 9.84 Å². The quantitative estimate of drug-likeness (QED) is 0.866. The first-order chi connectivity index (χ1) is 11.2. The SMILES string of the molecule is O=C(O)COc1ccc(-c2cccs2)cc1CN1CCSCC1. The monoisotopic (exact) mass is 349 g/mol. The maximum atomic E-state index is 10.8. The van der Waals surface area contributed by atoms with Gasteiger partial charge in [-0.05, 0) is 35.2 Å². The first kappa shape index (κ1) is 16.4. The summed E-state index contributed by atoms with van der Waals surface area (Å²) >= 11 is 3.68. The number of aliphatic carboxylic acids is 1. The largest absolute Gasteiger partial charge is 0.482 e. The number of rotatable bonds is 6. The Labute approximate surface area is 144 Å². The van der Waals surface area contributed by atoms with Gasteiger partial charge in [0.15, 0.2) is 6.61 Å². The molecule has 4 nitrogen and oxygen atoms in total. The van der Waals surface area contributed by atoms with Crippen molar-refractivity contribution in [2.24, 2.45) is 0 Å². The fraction of sp³-hybridized carbons (Fsp3) is 0.353. The van der Waals surface area contributed by atoms with Crippen molar-refractivity contribution in [3.63, 3.8) is 0 Å². The van der Waals surface area contributed by atoms with E-state index < -0.39 is 5.97 Å². The van der Waals surface area contributed by atoms with E-state index in [0.29, 0.717) is 5.75 Å². The Morgan fingerprint density at radius 3 is 2.78 bits per heavy atom. The van der Waals surface area contributed by atoms with Crippen molar-refractivity contribution in [3.8, 4) is 16.2 Å². The van der Waals surface area contributed by atoms with E-state index in [1.54, 1.807) is 11.3 Å². The zero-order valence-corrected chi connectivity index (χ0v) is 14.4. The van der Waals surface area contributed by atoms with Gasteiger partial charge >= 0.3 is 5.97 Å². The van der Waals surface area contributed by atoms with Gasteiger partial charge in [-0.25, -0.2) is 4.79 Å². The molecule has 1 N–H and O–H groups in total. The number of hydrogen-bond acceptors (Lipinski definition) is 5. The van der Waals surface area contributed by atoms with Crippen LogP contribution in [-0.4, -0.2) is 47.2 Å². The number of carboxylic acids is 1. The molecule has 3 rings (SSSR count). The van der Waals surface area contributed by atoms with Crippen LogP contribution in [0.2, 0.25) is 0 Å². The van der Waals surface area contributed by atoms with Crippen LogP contribution < -0.4 is 4.74 Å². The number of thiophene rings is 1. The van der Waals surface area contributed by atoms with Crippen LogP contribution in [-0.2, 0) is 11.3 Å². The lowest BCUT2D eigenvalue weighted by Crippen LogP contribution is -2.32. The van der Waals surface area contributed by atoms with E-state index in [0.717, 1.165) is 42.3 Å². The summed E-state index contributed by atoms with van der Waals surface area (Å²) in [5.41, 5.74) is 2.22. The molecule has 0 spiro atoms. The molecule has 0 unspecified atom stereocenters. The first-order valence-electron chi connectivity index (χ1n) is 7.54. The standard InChI is InChI=1S/C17H19NO3S2/c19-17(20)12-21-15-4-3-13(16-2-1-7-23-16)10-14(15)11-18-5-8-22-9-6-18/h1-4,7,10H,5-6,8-9,11-12H2,(H,19,20). The zero-order valence-electron chi connectivity index (χ0n) is 12.7. The van der Waals surface area contributed by atoms with Crippen molar-refractivity contribution < 1.29 is 14.6 Å². The maximum absolute atomic E-state index is 10.8. The number of nitrogens with zero attached hydrogens (tertiary/aromatic N) is 1. The molecule has 23 heavy (non-hydrogen) atoms. The third kappa shape index (κ3) is 4.50. The Balaban J connectivity index is 1.83. The summed E-state index contributed by atoms with van der Waals surface area (Å²) in [6, 6.07) is 10.2. The van der Waals surface area contributed by atoms with E-state index in [2.05, 4.69) is 22.4 Å².